The third-order valence-electron chi connectivity index (χ3n) is 2.44. The van der Waals surface area contributed by atoms with Gasteiger partial charge in [-0.1, -0.05) is 12.1 Å². The summed E-state index contributed by atoms with van der Waals surface area (Å²) < 4.78 is 0. The SMILES string of the molecule is CC(C)(O)c1ccc2c(c1)NC(=O)C2. The summed E-state index contributed by atoms with van der Waals surface area (Å²) in [6.07, 6.45) is 0.446. The van der Waals surface area contributed by atoms with Gasteiger partial charge >= 0.3 is 0 Å². The van der Waals surface area contributed by atoms with Gasteiger partial charge in [0.1, 0.15) is 0 Å². The van der Waals surface area contributed by atoms with Gasteiger partial charge in [-0.25, -0.2) is 0 Å². The Balaban J connectivity index is 2.43. The molecule has 0 unspecified atom stereocenters. The van der Waals surface area contributed by atoms with Gasteiger partial charge in [-0.15, -0.1) is 0 Å². The monoisotopic (exact) mass is 191 g/mol. The van der Waals surface area contributed by atoms with Gasteiger partial charge in [0.25, 0.3) is 0 Å². The largest absolute Gasteiger partial charge is 0.386 e. The molecule has 3 heteroatoms. The molecule has 0 bridgehead atoms. The Bertz CT molecular complexity index is 391. The lowest BCUT2D eigenvalue weighted by Gasteiger charge is -2.18. The van der Waals surface area contributed by atoms with Crippen molar-refractivity contribution >= 4 is 11.6 Å². The molecule has 0 radical (unpaired) electrons. The lowest BCUT2D eigenvalue weighted by atomic mass is 9.96. The highest BCUT2D eigenvalue weighted by atomic mass is 16.3. The van der Waals surface area contributed by atoms with Crippen molar-refractivity contribution in [2.45, 2.75) is 25.9 Å². The molecule has 1 amide bonds. The predicted molar refractivity (Wildman–Crippen MR) is 54.0 cm³/mol. The summed E-state index contributed by atoms with van der Waals surface area (Å²) in [5, 5.41) is 12.5. The third-order valence-corrected chi connectivity index (χ3v) is 2.44. The van der Waals surface area contributed by atoms with E-state index < -0.39 is 5.60 Å². The van der Waals surface area contributed by atoms with Crippen LogP contribution in [0.3, 0.4) is 0 Å². The van der Waals surface area contributed by atoms with Crippen LogP contribution in [0.4, 0.5) is 5.69 Å². The van der Waals surface area contributed by atoms with Crippen LogP contribution >= 0.6 is 0 Å². The Hall–Kier alpha value is -1.35. The van der Waals surface area contributed by atoms with Crippen molar-refractivity contribution in [1.29, 1.82) is 0 Å². The first-order chi connectivity index (χ1) is 6.47. The topological polar surface area (TPSA) is 49.3 Å². The molecular weight excluding hydrogens is 178 g/mol. The second-order valence-corrected chi connectivity index (χ2v) is 4.16. The summed E-state index contributed by atoms with van der Waals surface area (Å²) in [4.78, 5) is 11.1. The number of benzene rings is 1. The molecule has 1 heterocycles. The first-order valence-electron chi connectivity index (χ1n) is 4.62. The zero-order valence-corrected chi connectivity index (χ0v) is 8.29. The van der Waals surface area contributed by atoms with E-state index in [-0.39, 0.29) is 5.91 Å². The number of anilines is 1. The number of carbonyl (C=O) groups excluding carboxylic acids is 1. The first kappa shape index (κ1) is 9.21. The van der Waals surface area contributed by atoms with Crippen molar-refractivity contribution in [3.63, 3.8) is 0 Å². The van der Waals surface area contributed by atoms with Crippen LogP contribution in [0, 0.1) is 0 Å². The lowest BCUT2D eigenvalue weighted by molar-refractivity contribution is -0.115. The van der Waals surface area contributed by atoms with Crippen LogP contribution in [0.5, 0.6) is 0 Å². The molecule has 2 rings (SSSR count). The molecule has 0 saturated heterocycles. The summed E-state index contributed by atoms with van der Waals surface area (Å²) in [6, 6.07) is 5.58. The number of nitrogens with one attached hydrogen (secondary N) is 1. The molecule has 1 aliphatic rings. The molecule has 0 fully saturated rings. The maximum atomic E-state index is 11.1. The molecule has 74 valence electrons. The molecule has 14 heavy (non-hydrogen) atoms. The van der Waals surface area contributed by atoms with Crippen LogP contribution in [0.25, 0.3) is 0 Å². The number of hydrogen-bond acceptors (Lipinski definition) is 2. The smallest absolute Gasteiger partial charge is 0.228 e. The van der Waals surface area contributed by atoms with Gasteiger partial charge in [0.2, 0.25) is 5.91 Å². The van der Waals surface area contributed by atoms with Gasteiger partial charge in [0.15, 0.2) is 0 Å². The van der Waals surface area contributed by atoms with E-state index in [0.29, 0.717) is 6.42 Å². The predicted octanol–water partition coefficient (Wildman–Crippen LogP) is 1.41. The number of hydrogen-bond donors (Lipinski definition) is 2. The number of carbonyl (C=O) groups is 1. The minimum absolute atomic E-state index is 0.0212. The maximum absolute atomic E-state index is 11.1. The van der Waals surface area contributed by atoms with E-state index in [1.54, 1.807) is 13.8 Å². The van der Waals surface area contributed by atoms with Gasteiger partial charge < -0.3 is 10.4 Å². The van der Waals surface area contributed by atoms with Crippen LogP contribution in [0.15, 0.2) is 18.2 Å². The summed E-state index contributed by atoms with van der Waals surface area (Å²) in [6.45, 7) is 3.46. The maximum Gasteiger partial charge on any atom is 0.228 e. The van der Waals surface area contributed by atoms with E-state index in [2.05, 4.69) is 5.32 Å². The Labute approximate surface area is 82.8 Å². The molecule has 1 aromatic carbocycles. The normalized spacial score (nSPS) is 15.2. The highest BCUT2D eigenvalue weighted by Gasteiger charge is 2.22. The number of rotatable bonds is 1. The molecule has 0 spiro atoms. The highest BCUT2D eigenvalue weighted by molar-refractivity contribution is 5.99. The second kappa shape index (κ2) is 2.82. The summed E-state index contributed by atoms with van der Waals surface area (Å²) in [5.74, 6) is 0.0212. The summed E-state index contributed by atoms with van der Waals surface area (Å²) >= 11 is 0. The molecular formula is C11H13NO2. The fourth-order valence-corrected chi connectivity index (χ4v) is 1.59. The van der Waals surface area contributed by atoms with Crippen molar-refractivity contribution in [3.8, 4) is 0 Å². The zero-order chi connectivity index (χ0) is 10.3. The number of fused-ring (bicyclic) bond motifs is 1. The molecule has 0 aliphatic carbocycles. The quantitative estimate of drug-likeness (QED) is 0.705. The van der Waals surface area contributed by atoms with E-state index in [9.17, 15) is 9.90 Å². The van der Waals surface area contributed by atoms with E-state index >= 15 is 0 Å². The lowest BCUT2D eigenvalue weighted by Crippen LogP contribution is -2.15. The molecule has 2 N–H and O–H groups in total. The van der Waals surface area contributed by atoms with Crippen LogP contribution in [-0.4, -0.2) is 11.0 Å². The number of aliphatic hydroxyl groups is 1. The van der Waals surface area contributed by atoms with Crippen molar-refractivity contribution < 1.29 is 9.90 Å². The Morgan fingerprint density at radius 2 is 2.14 bits per heavy atom. The standard InChI is InChI=1S/C11H13NO2/c1-11(2,14)8-4-3-7-5-10(13)12-9(7)6-8/h3-4,6,14H,5H2,1-2H3,(H,12,13). The van der Waals surface area contributed by atoms with E-state index in [1.165, 1.54) is 0 Å². The fraction of sp³-hybridized carbons (Fsp3) is 0.364. The van der Waals surface area contributed by atoms with Crippen LogP contribution in [0.1, 0.15) is 25.0 Å². The van der Waals surface area contributed by atoms with Gasteiger partial charge in [-0.05, 0) is 31.0 Å². The summed E-state index contributed by atoms with van der Waals surface area (Å²) in [7, 11) is 0. The van der Waals surface area contributed by atoms with Crippen LogP contribution in [0.2, 0.25) is 0 Å². The van der Waals surface area contributed by atoms with Crippen molar-refractivity contribution in [3.05, 3.63) is 29.3 Å². The minimum atomic E-state index is -0.859. The van der Waals surface area contributed by atoms with Crippen LogP contribution < -0.4 is 5.32 Å². The Kier molecular flexibility index (Phi) is 1.86. The van der Waals surface area contributed by atoms with Gasteiger partial charge in [0, 0.05) is 5.69 Å². The molecule has 0 saturated carbocycles. The highest BCUT2D eigenvalue weighted by Crippen LogP contribution is 2.28. The van der Waals surface area contributed by atoms with E-state index in [4.69, 9.17) is 0 Å². The summed E-state index contributed by atoms with van der Waals surface area (Å²) in [5.41, 5.74) is 1.79. The Morgan fingerprint density at radius 1 is 1.43 bits per heavy atom. The van der Waals surface area contributed by atoms with E-state index in [1.807, 2.05) is 18.2 Å². The van der Waals surface area contributed by atoms with Gasteiger partial charge in [0.05, 0.1) is 12.0 Å². The minimum Gasteiger partial charge on any atom is -0.386 e. The zero-order valence-electron chi connectivity index (χ0n) is 8.29. The molecule has 1 aliphatic heterocycles. The van der Waals surface area contributed by atoms with Gasteiger partial charge in [-0.3, -0.25) is 4.79 Å². The number of amides is 1. The van der Waals surface area contributed by atoms with Crippen molar-refractivity contribution in [2.24, 2.45) is 0 Å². The molecule has 0 atom stereocenters. The molecule has 3 nitrogen and oxygen atoms in total. The van der Waals surface area contributed by atoms with Crippen molar-refractivity contribution in [2.75, 3.05) is 5.32 Å². The van der Waals surface area contributed by atoms with E-state index in [0.717, 1.165) is 16.8 Å². The van der Waals surface area contributed by atoms with Gasteiger partial charge in [-0.2, -0.15) is 0 Å². The van der Waals surface area contributed by atoms with Crippen LogP contribution in [-0.2, 0) is 16.8 Å². The average molecular weight is 191 g/mol. The fourth-order valence-electron chi connectivity index (χ4n) is 1.59. The van der Waals surface area contributed by atoms with Crippen molar-refractivity contribution in [1.82, 2.24) is 0 Å². The third kappa shape index (κ3) is 1.51. The Morgan fingerprint density at radius 3 is 2.79 bits per heavy atom. The molecule has 0 aromatic heterocycles. The second-order valence-electron chi connectivity index (χ2n) is 4.16. The molecule has 1 aromatic rings. The first-order valence-corrected chi connectivity index (χ1v) is 4.62. The average Bonchev–Trinajstić information content (AvgIpc) is 2.41.